The van der Waals surface area contributed by atoms with Gasteiger partial charge in [0, 0.05) is 36.0 Å². The number of aliphatic hydroxyl groups is 1. The average molecular weight is 528 g/mol. The molecule has 3 N–H and O–H groups in total. The van der Waals surface area contributed by atoms with Crippen molar-refractivity contribution < 1.29 is 13.5 Å². The molecule has 1 aliphatic heterocycles. The first-order valence-corrected chi connectivity index (χ1v) is 14.2. The summed E-state index contributed by atoms with van der Waals surface area (Å²) in [4.78, 5) is 2.30. The molecule has 0 saturated carbocycles. The highest BCUT2D eigenvalue weighted by Gasteiger charge is 2.34. The quantitative estimate of drug-likeness (QED) is 0.340. The Morgan fingerprint density at radius 2 is 1.64 bits per heavy atom. The van der Waals surface area contributed by atoms with E-state index in [-0.39, 0.29) is 0 Å². The first-order chi connectivity index (χ1) is 17.1. The number of hydrogen-bond donors (Lipinski definition) is 3. The van der Waals surface area contributed by atoms with Crippen LogP contribution in [0.25, 0.3) is 0 Å². The van der Waals surface area contributed by atoms with Gasteiger partial charge in [0.1, 0.15) is 0 Å². The molecule has 0 atom stereocenters. The summed E-state index contributed by atoms with van der Waals surface area (Å²) in [6.07, 6.45) is 1.33. The van der Waals surface area contributed by atoms with Gasteiger partial charge in [-0.3, -0.25) is 4.72 Å². The molecule has 1 aliphatic rings. The van der Waals surface area contributed by atoms with E-state index in [1.54, 1.807) is 13.8 Å². The Bertz CT molecular complexity index is 1280. The zero-order chi connectivity index (χ0) is 25.9. The first-order valence-electron chi connectivity index (χ1n) is 12.2. The van der Waals surface area contributed by atoms with Gasteiger partial charge >= 0.3 is 0 Å². The van der Waals surface area contributed by atoms with E-state index in [1.165, 1.54) is 0 Å². The highest BCUT2D eigenvalue weighted by Crippen LogP contribution is 2.35. The van der Waals surface area contributed by atoms with Crippen LogP contribution in [-0.2, 0) is 22.2 Å². The Kier molecular flexibility index (Phi) is 7.83. The number of hydrogen-bond acceptors (Lipinski definition) is 5. The lowest BCUT2D eigenvalue weighted by Crippen LogP contribution is -2.42. The Hall–Kier alpha value is -2.74. The lowest BCUT2D eigenvalue weighted by Gasteiger charge is -2.39. The summed E-state index contributed by atoms with van der Waals surface area (Å²) >= 11 is 6.00. The van der Waals surface area contributed by atoms with Gasteiger partial charge in [0.15, 0.2) is 0 Å². The van der Waals surface area contributed by atoms with E-state index in [0.29, 0.717) is 30.1 Å². The van der Waals surface area contributed by atoms with Crippen molar-refractivity contribution >= 4 is 38.7 Å². The van der Waals surface area contributed by atoms with Crippen LogP contribution < -0.4 is 14.9 Å². The maximum absolute atomic E-state index is 12.2. The fourth-order valence-electron chi connectivity index (χ4n) is 4.40. The van der Waals surface area contributed by atoms with Gasteiger partial charge in [-0.05, 0) is 92.8 Å². The van der Waals surface area contributed by atoms with E-state index in [4.69, 9.17) is 11.6 Å². The molecule has 0 radical (unpaired) electrons. The lowest BCUT2D eigenvalue weighted by atomic mass is 9.84. The van der Waals surface area contributed by atoms with Gasteiger partial charge in [0.05, 0.1) is 16.5 Å². The predicted molar refractivity (Wildman–Crippen MR) is 149 cm³/mol. The molecule has 4 rings (SSSR count). The number of rotatable bonds is 8. The molecule has 6 nitrogen and oxygen atoms in total. The third-order valence-corrected chi connectivity index (χ3v) is 8.86. The van der Waals surface area contributed by atoms with Crippen LogP contribution in [0.2, 0.25) is 5.02 Å². The number of piperidine rings is 1. The second-order valence-corrected chi connectivity index (χ2v) is 12.4. The van der Waals surface area contributed by atoms with Crippen molar-refractivity contribution in [3.05, 3.63) is 88.4 Å². The largest absolute Gasteiger partial charge is 0.385 e. The van der Waals surface area contributed by atoms with Crippen LogP contribution >= 0.6 is 11.6 Å². The number of halogens is 1. The molecule has 3 aromatic carbocycles. The number of nitrogens with zero attached hydrogens (tertiary/aromatic N) is 1. The molecule has 1 fully saturated rings. The normalized spacial score (nSPS) is 15.7. The monoisotopic (exact) mass is 527 g/mol. The summed E-state index contributed by atoms with van der Waals surface area (Å²) in [6.45, 7) is 7.41. The molecule has 0 unspecified atom stereocenters. The molecule has 192 valence electrons. The Morgan fingerprint density at radius 3 is 2.22 bits per heavy atom. The standard InChI is InChI=1S/C28H34ClN3O3S/c1-20(2)36(34,35)31-27-13-4-22(18-21(27)3)19-30-25-9-11-26(12-10-25)32-16-14-28(33,15-17-32)23-5-7-24(29)8-6-23/h4-13,18,20,30-31,33H,14-17,19H2,1-3H3. The van der Waals surface area contributed by atoms with Gasteiger partial charge in [0.2, 0.25) is 10.0 Å². The van der Waals surface area contributed by atoms with Crippen LogP contribution in [0.4, 0.5) is 17.1 Å². The van der Waals surface area contributed by atoms with Crippen molar-refractivity contribution in [3.63, 3.8) is 0 Å². The highest BCUT2D eigenvalue weighted by atomic mass is 35.5. The highest BCUT2D eigenvalue weighted by molar-refractivity contribution is 7.93. The Balaban J connectivity index is 1.32. The third-order valence-electron chi connectivity index (χ3n) is 6.86. The molecule has 0 spiro atoms. The maximum Gasteiger partial charge on any atom is 0.235 e. The molecule has 3 aromatic rings. The van der Waals surface area contributed by atoms with E-state index < -0.39 is 20.9 Å². The number of anilines is 3. The van der Waals surface area contributed by atoms with Crippen molar-refractivity contribution in [1.29, 1.82) is 0 Å². The zero-order valence-corrected chi connectivity index (χ0v) is 22.5. The van der Waals surface area contributed by atoms with E-state index >= 15 is 0 Å². The lowest BCUT2D eigenvalue weighted by molar-refractivity contribution is 0.0118. The minimum atomic E-state index is -3.37. The molecule has 8 heteroatoms. The van der Waals surface area contributed by atoms with E-state index in [1.807, 2.05) is 49.4 Å². The minimum absolute atomic E-state index is 0.485. The number of nitrogens with one attached hydrogen (secondary N) is 2. The van der Waals surface area contributed by atoms with Gasteiger partial charge in [-0.2, -0.15) is 0 Å². The summed E-state index contributed by atoms with van der Waals surface area (Å²) in [5, 5.41) is 14.7. The maximum atomic E-state index is 12.2. The van der Waals surface area contributed by atoms with Gasteiger partial charge < -0.3 is 15.3 Å². The van der Waals surface area contributed by atoms with Crippen molar-refractivity contribution in [2.45, 2.75) is 51.0 Å². The van der Waals surface area contributed by atoms with Gasteiger partial charge in [-0.25, -0.2) is 8.42 Å². The third kappa shape index (κ3) is 6.14. The van der Waals surface area contributed by atoms with Gasteiger partial charge in [-0.1, -0.05) is 35.9 Å². The average Bonchev–Trinajstić information content (AvgIpc) is 2.85. The summed E-state index contributed by atoms with van der Waals surface area (Å²) in [6, 6.07) is 21.6. The van der Waals surface area contributed by atoms with Crippen LogP contribution in [-0.4, -0.2) is 31.9 Å². The van der Waals surface area contributed by atoms with Gasteiger partial charge in [0.25, 0.3) is 0 Å². The minimum Gasteiger partial charge on any atom is -0.385 e. The predicted octanol–water partition coefficient (Wildman–Crippen LogP) is 5.90. The first kappa shape index (κ1) is 26.3. The van der Waals surface area contributed by atoms with Crippen LogP contribution in [0, 0.1) is 6.92 Å². The topological polar surface area (TPSA) is 81.7 Å². The molecule has 0 amide bonds. The molecular formula is C28H34ClN3O3S. The van der Waals surface area contributed by atoms with Crippen molar-refractivity contribution in [2.24, 2.45) is 0 Å². The fourth-order valence-corrected chi connectivity index (χ4v) is 5.30. The van der Waals surface area contributed by atoms with Crippen LogP contribution in [0.5, 0.6) is 0 Å². The van der Waals surface area contributed by atoms with Crippen molar-refractivity contribution in [3.8, 4) is 0 Å². The zero-order valence-electron chi connectivity index (χ0n) is 21.0. The molecular weight excluding hydrogens is 494 g/mol. The Labute approximate surface area is 219 Å². The van der Waals surface area contributed by atoms with E-state index in [0.717, 1.165) is 41.2 Å². The second kappa shape index (κ2) is 10.7. The molecule has 1 heterocycles. The molecule has 0 aliphatic carbocycles. The number of benzene rings is 3. The van der Waals surface area contributed by atoms with E-state index in [9.17, 15) is 13.5 Å². The SMILES string of the molecule is Cc1cc(CNc2ccc(N3CCC(O)(c4ccc(Cl)cc4)CC3)cc2)ccc1NS(=O)(=O)C(C)C. The summed E-state index contributed by atoms with van der Waals surface area (Å²) in [7, 11) is -3.37. The summed E-state index contributed by atoms with van der Waals surface area (Å²) in [5.74, 6) is 0. The smallest absolute Gasteiger partial charge is 0.235 e. The summed E-state index contributed by atoms with van der Waals surface area (Å²) in [5.41, 5.74) is 4.82. The molecule has 1 saturated heterocycles. The molecule has 0 aromatic heterocycles. The summed E-state index contributed by atoms with van der Waals surface area (Å²) < 4.78 is 27.0. The number of sulfonamides is 1. The second-order valence-electron chi connectivity index (χ2n) is 9.77. The molecule has 0 bridgehead atoms. The molecule has 36 heavy (non-hydrogen) atoms. The van der Waals surface area contributed by atoms with E-state index in [2.05, 4.69) is 39.2 Å². The van der Waals surface area contributed by atoms with Crippen LogP contribution in [0.1, 0.15) is 43.4 Å². The van der Waals surface area contributed by atoms with Gasteiger partial charge in [-0.15, -0.1) is 0 Å². The van der Waals surface area contributed by atoms with Crippen LogP contribution in [0.15, 0.2) is 66.7 Å². The van der Waals surface area contributed by atoms with Crippen molar-refractivity contribution in [2.75, 3.05) is 28.0 Å². The Morgan fingerprint density at radius 1 is 1.00 bits per heavy atom. The number of aryl methyl sites for hydroxylation is 1. The van der Waals surface area contributed by atoms with Crippen molar-refractivity contribution in [1.82, 2.24) is 0 Å². The van der Waals surface area contributed by atoms with Crippen LogP contribution in [0.3, 0.4) is 0 Å². The fraction of sp³-hybridized carbons (Fsp3) is 0.357.